The van der Waals surface area contributed by atoms with Gasteiger partial charge in [0.2, 0.25) is 0 Å². The lowest BCUT2D eigenvalue weighted by molar-refractivity contribution is 0.601. The molecule has 0 amide bonds. The highest BCUT2D eigenvalue weighted by molar-refractivity contribution is 7.92. The van der Waals surface area contributed by atoms with Crippen LogP contribution in [-0.2, 0) is 10.0 Å². The van der Waals surface area contributed by atoms with Crippen molar-refractivity contribution in [2.45, 2.75) is 18.7 Å². The highest BCUT2D eigenvalue weighted by Gasteiger charge is 2.15. The fraction of sp³-hybridized carbons (Fsp3) is 0.273. The third-order valence-corrected chi connectivity index (χ3v) is 5.94. The first-order valence-electron chi connectivity index (χ1n) is 9.30. The fourth-order valence-electron chi connectivity index (χ4n) is 2.85. The molecule has 0 bridgehead atoms. The van der Waals surface area contributed by atoms with Crippen LogP contribution in [0.1, 0.15) is 19.4 Å². The molecule has 4 nitrogen and oxygen atoms in total. The van der Waals surface area contributed by atoms with Gasteiger partial charge in [-0.05, 0) is 55.8 Å². The van der Waals surface area contributed by atoms with Gasteiger partial charge in [-0.25, -0.2) is 8.42 Å². The van der Waals surface area contributed by atoms with Crippen LogP contribution < -0.4 is 9.62 Å². The Morgan fingerprint density at radius 1 is 1.00 bits per heavy atom. The van der Waals surface area contributed by atoms with Crippen LogP contribution in [0.3, 0.4) is 0 Å². The predicted molar refractivity (Wildman–Crippen MR) is 126 cm³/mol. The Labute approximate surface area is 183 Å². The molecule has 0 radical (unpaired) electrons. The van der Waals surface area contributed by atoms with E-state index in [9.17, 15) is 8.42 Å². The number of nitrogens with zero attached hydrogens (tertiary/aromatic N) is 1. The van der Waals surface area contributed by atoms with E-state index in [2.05, 4.69) is 4.72 Å². The van der Waals surface area contributed by atoms with Gasteiger partial charge in [0.1, 0.15) is 0 Å². The lowest BCUT2D eigenvalue weighted by Gasteiger charge is -2.23. The largest absolute Gasteiger partial charge is 0.369 e. The molecule has 29 heavy (non-hydrogen) atoms. The summed E-state index contributed by atoms with van der Waals surface area (Å²) in [6, 6.07) is 14.0. The lowest BCUT2D eigenvalue weighted by Crippen LogP contribution is -2.27. The summed E-state index contributed by atoms with van der Waals surface area (Å²) in [5, 5.41) is 0. The molecule has 0 atom stereocenters. The van der Waals surface area contributed by atoms with Gasteiger partial charge in [-0.1, -0.05) is 35.9 Å². The van der Waals surface area contributed by atoms with Crippen molar-refractivity contribution in [3.63, 3.8) is 0 Å². The number of hydrogen-bond donors (Lipinski definition) is 1. The van der Waals surface area contributed by atoms with Gasteiger partial charge in [0.15, 0.2) is 0 Å². The third-order valence-electron chi connectivity index (χ3n) is 4.21. The number of alkyl halides is 2. The standard InChI is InChI=1S/C22H26Cl2N2O2S/c1-3-4-18(2)17-19-5-7-20(8-6-19)25-29(27,28)22-11-9-21(10-12-22)26(15-13-23)16-14-24/h3-12,17,25H,13-16H2,1-2H3/b4-3+,18-17+. The van der Waals surface area contributed by atoms with E-state index >= 15 is 0 Å². The Kier molecular flexibility index (Phi) is 9.08. The summed E-state index contributed by atoms with van der Waals surface area (Å²) in [6.45, 7) is 5.27. The molecule has 1 N–H and O–H groups in total. The van der Waals surface area contributed by atoms with Crippen LogP contribution in [0.5, 0.6) is 0 Å². The molecule has 0 spiro atoms. The van der Waals surface area contributed by atoms with Crippen molar-refractivity contribution in [2.24, 2.45) is 0 Å². The second-order valence-electron chi connectivity index (χ2n) is 6.47. The van der Waals surface area contributed by atoms with E-state index in [1.54, 1.807) is 36.4 Å². The Morgan fingerprint density at radius 2 is 1.59 bits per heavy atom. The molecule has 0 fully saturated rings. The van der Waals surface area contributed by atoms with Crippen molar-refractivity contribution in [3.8, 4) is 0 Å². The maximum atomic E-state index is 12.7. The molecule has 7 heteroatoms. The van der Waals surface area contributed by atoms with Gasteiger partial charge in [-0.15, -0.1) is 23.2 Å². The first-order valence-corrected chi connectivity index (χ1v) is 11.9. The van der Waals surface area contributed by atoms with Crippen LogP contribution in [0, 0.1) is 0 Å². The van der Waals surface area contributed by atoms with Gasteiger partial charge in [-0.3, -0.25) is 4.72 Å². The number of allylic oxidation sites excluding steroid dienone is 3. The zero-order chi connectivity index (χ0) is 21.3. The first kappa shape index (κ1) is 23.3. The fourth-order valence-corrected chi connectivity index (χ4v) is 4.31. The molecule has 0 saturated heterocycles. The lowest BCUT2D eigenvalue weighted by atomic mass is 10.1. The number of halogens is 2. The van der Waals surface area contributed by atoms with E-state index < -0.39 is 10.0 Å². The van der Waals surface area contributed by atoms with Crippen LogP contribution in [0.25, 0.3) is 6.08 Å². The Bertz CT molecular complexity index is 932. The van der Waals surface area contributed by atoms with Crippen molar-refractivity contribution in [2.75, 3.05) is 34.5 Å². The first-order chi connectivity index (χ1) is 13.9. The smallest absolute Gasteiger partial charge is 0.261 e. The summed E-state index contributed by atoms with van der Waals surface area (Å²) in [6.07, 6.45) is 6.02. The molecule has 0 aliphatic rings. The quantitative estimate of drug-likeness (QED) is 0.368. The van der Waals surface area contributed by atoms with Crippen molar-refractivity contribution in [3.05, 3.63) is 71.8 Å². The predicted octanol–water partition coefficient (Wildman–Crippen LogP) is 5.75. The van der Waals surface area contributed by atoms with E-state index in [-0.39, 0.29) is 4.90 Å². The molecule has 2 aromatic rings. The van der Waals surface area contributed by atoms with Gasteiger partial charge in [0.25, 0.3) is 10.0 Å². The minimum atomic E-state index is -3.67. The average Bonchev–Trinajstić information content (AvgIpc) is 2.69. The summed E-state index contributed by atoms with van der Waals surface area (Å²) in [7, 11) is -3.67. The van der Waals surface area contributed by atoms with Crippen molar-refractivity contribution < 1.29 is 8.42 Å². The summed E-state index contributed by atoms with van der Waals surface area (Å²) < 4.78 is 28.0. The number of hydrogen-bond acceptors (Lipinski definition) is 3. The average molecular weight is 453 g/mol. The van der Waals surface area contributed by atoms with E-state index in [1.807, 2.05) is 49.1 Å². The van der Waals surface area contributed by atoms with Crippen LogP contribution >= 0.6 is 23.2 Å². The van der Waals surface area contributed by atoms with Gasteiger partial charge < -0.3 is 4.90 Å². The SMILES string of the molecule is C/C=C/C(C)=C/c1ccc(NS(=O)(=O)c2ccc(N(CCCl)CCCl)cc2)cc1. The summed E-state index contributed by atoms with van der Waals surface area (Å²) in [4.78, 5) is 2.22. The van der Waals surface area contributed by atoms with Crippen molar-refractivity contribution >= 4 is 50.7 Å². The minimum Gasteiger partial charge on any atom is -0.369 e. The zero-order valence-electron chi connectivity index (χ0n) is 16.6. The van der Waals surface area contributed by atoms with E-state index in [0.717, 1.165) is 16.8 Å². The van der Waals surface area contributed by atoms with Gasteiger partial charge in [0, 0.05) is 36.2 Å². The molecule has 0 unspecified atom stereocenters. The molecular weight excluding hydrogens is 427 g/mol. The van der Waals surface area contributed by atoms with E-state index in [0.29, 0.717) is 30.5 Å². The minimum absolute atomic E-state index is 0.200. The molecule has 0 aromatic heterocycles. The molecule has 0 aliphatic carbocycles. The molecule has 2 rings (SSSR count). The number of rotatable bonds is 10. The topological polar surface area (TPSA) is 49.4 Å². The number of nitrogens with one attached hydrogen (secondary N) is 1. The number of anilines is 2. The van der Waals surface area contributed by atoms with Crippen LogP contribution in [0.15, 0.2) is 71.2 Å². The van der Waals surface area contributed by atoms with Crippen molar-refractivity contribution in [1.82, 2.24) is 0 Å². The van der Waals surface area contributed by atoms with E-state index in [1.165, 1.54) is 0 Å². The molecular formula is C22H26Cl2N2O2S. The molecule has 156 valence electrons. The summed E-state index contributed by atoms with van der Waals surface area (Å²) >= 11 is 11.7. The molecule has 2 aromatic carbocycles. The summed E-state index contributed by atoms with van der Waals surface area (Å²) in [5.41, 5.74) is 3.53. The Morgan fingerprint density at radius 3 is 2.10 bits per heavy atom. The van der Waals surface area contributed by atoms with Gasteiger partial charge in [-0.2, -0.15) is 0 Å². The monoisotopic (exact) mass is 452 g/mol. The molecule has 0 aliphatic heterocycles. The van der Waals surface area contributed by atoms with Gasteiger partial charge in [0.05, 0.1) is 4.90 Å². The Balaban J connectivity index is 2.13. The molecule has 0 heterocycles. The highest BCUT2D eigenvalue weighted by atomic mass is 35.5. The van der Waals surface area contributed by atoms with Gasteiger partial charge >= 0.3 is 0 Å². The van der Waals surface area contributed by atoms with E-state index in [4.69, 9.17) is 23.2 Å². The summed E-state index contributed by atoms with van der Waals surface area (Å²) in [5.74, 6) is 0.940. The van der Waals surface area contributed by atoms with Crippen LogP contribution in [0.2, 0.25) is 0 Å². The molecule has 0 saturated carbocycles. The normalized spacial score (nSPS) is 12.3. The third kappa shape index (κ3) is 7.11. The Hall–Kier alpha value is -1.95. The second-order valence-corrected chi connectivity index (χ2v) is 8.91. The van der Waals surface area contributed by atoms with Crippen molar-refractivity contribution in [1.29, 1.82) is 0 Å². The maximum Gasteiger partial charge on any atom is 0.261 e. The van der Waals surface area contributed by atoms with Crippen LogP contribution in [0.4, 0.5) is 11.4 Å². The highest BCUT2D eigenvalue weighted by Crippen LogP contribution is 2.21. The second kappa shape index (κ2) is 11.3. The van der Waals surface area contributed by atoms with Crippen LogP contribution in [-0.4, -0.2) is 33.3 Å². The zero-order valence-corrected chi connectivity index (χ0v) is 18.9. The number of sulfonamides is 1. The number of benzene rings is 2. The maximum absolute atomic E-state index is 12.7.